The quantitative estimate of drug-likeness (QED) is 0.636. The third-order valence-electron chi connectivity index (χ3n) is 4.79. The first-order chi connectivity index (χ1) is 13.0. The third-order valence-corrected chi connectivity index (χ3v) is 6.25. The lowest BCUT2D eigenvalue weighted by Crippen LogP contribution is -2.29. The smallest absolute Gasteiger partial charge is 0.240 e. The molecule has 0 saturated heterocycles. The molecule has 0 saturated carbocycles. The Bertz CT molecular complexity index is 918. The van der Waals surface area contributed by atoms with E-state index < -0.39 is 10.0 Å². The van der Waals surface area contributed by atoms with Crippen molar-refractivity contribution in [3.63, 3.8) is 0 Å². The second kappa shape index (κ2) is 10.0. The Kier molecular flexibility index (Phi) is 8.00. The molecule has 28 heavy (non-hydrogen) atoms. The summed E-state index contributed by atoms with van der Waals surface area (Å²) in [5, 5.41) is 2.83. The number of hydrogen-bond acceptors (Lipinski definition) is 4. The van der Waals surface area contributed by atoms with Crippen LogP contribution >= 0.6 is 12.4 Å². The number of benzene rings is 2. The molecule has 0 heterocycles. The van der Waals surface area contributed by atoms with E-state index in [-0.39, 0.29) is 36.3 Å². The average Bonchev–Trinajstić information content (AvgIpc) is 2.66. The maximum atomic E-state index is 12.4. The van der Waals surface area contributed by atoms with Gasteiger partial charge in [-0.25, -0.2) is 13.1 Å². The van der Waals surface area contributed by atoms with Gasteiger partial charge >= 0.3 is 0 Å². The van der Waals surface area contributed by atoms with Gasteiger partial charge in [-0.1, -0.05) is 30.3 Å². The zero-order chi connectivity index (χ0) is 19.3. The Morgan fingerprint density at radius 1 is 1.11 bits per heavy atom. The van der Waals surface area contributed by atoms with Crippen LogP contribution in [0.2, 0.25) is 0 Å². The monoisotopic (exact) mass is 423 g/mol. The second-order valence-electron chi connectivity index (χ2n) is 6.84. The number of hydrogen-bond donors (Lipinski definition) is 3. The van der Waals surface area contributed by atoms with E-state index in [4.69, 9.17) is 5.73 Å². The number of aryl methyl sites for hydroxylation is 1. The van der Waals surface area contributed by atoms with Gasteiger partial charge in [0.1, 0.15) is 0 Å². The lowest BCUT2D eigenvalue weighted by Gasteiger charge is -2.24. The first kappa shape index (κ1) is 22.4. The highest BCUT2D eigenvalue weighted by Gasteiger charge is 2.21. The lowest BCUT2D eigenvalue weighted by molar-refractivity contribution is -0.117. The molecule has 0 fully saturated rings. The Hall–Kier alpha value is -1.93. The van der Waals surface area contributed by atoms with Gasteiger partial charge in [0, 0.05) is 25.2 Å². The summed E-state index contributed by atoms with van der Waals surface area (Å²) >= 11 is 0. The van der Waals surface area contributed by atoms with E-state index in [2.05, 4.69) is 28.2 Å². The molecular formula is C20H26ClN3O3S. The topological polar surface area (TPSA) is 101 Å². The van der Waals surface area contributed by atoms with Gasteiger partial charge in [0.15, 0.2) is 0 Å². The molecular weight excluding hydrogens is 398 g/mol. The highest BCUT2D eigenvalue weighted by atomic mass is 35.5. The summed E-state index contributed by atoms with van der Waals surface area (Å²) in [5.74, 6) is 0.210. The van der Waals surface area contributed by atoms with Crippen molar-refractivity contribution in [2.24, 2.45) is 11.7 Å². The Morgan fingerprint density at radius 3 is 2.61 bits per heavy atom. The Labute approximate surface area is 172 Å². The fraction of sp³-hybridized carbons (Fsp3) is 0.350. The van der Waals surface area contributed by atoms with Crippen molar-refractivity contribution < 1.29 is 13.2 Å². The van der Waals surface area contributed by atoms with Crippen molar-refractivity contribution in [2.75, 3.05) is 18.4 Å². The lowest BCUT2D eigenvalue weighted by atomic mass is 9.82. The number of fused-ring (bicyclic) bond motifs is 1. The molecule has 1 unspecified atom stereocenters. The minimum Gasteiger partial charge on any atom is -0.329 e. The fourth-order valence-corrected chi connectivity index (χ4v) is 4.53. The van der Waals surface area contributed by atoms with Gasteiger partial charge in [0.2, 0.25) is 15.9 Å². The summed E-state index contributed by atoms with van der Waals surface area (Å²) in [6.45, 7) is 0.391. The highest BCUT2D eigenvalue weighted by Crippen LogP contribution is 2.27. The van der Waals surface area contributed by atoms with Crippen LogP contribution in [0.15, 0.2) is 53.4 Å². The van der Waals surface area contributed by atoms with E-state index in [1.165, 1.54) is 23.3 Å². The average molecular weight is 424 g/mol. The van der Waals surface area contributed by atoms with Crippen molar-refractivity contribution in [3.05, 3.63) is 59.7 Å². The Balaban J connectivity index is 0.00000280. The van der Waals surface area contributed by atoms with Crippen molar-refractivity contribution in [3.8, 4) is 0 Å². The van der Waals surface area contributed by atoms with E-state index in [1.807, 2.05) is 6.07 Å². The third kappa shape index (κ3) is 5.78. The SMILES string of the molecule is Cl.NCCNS(=O)(=O)c1cccc(NC(=O)CC2CCc3ccccc3C2)c1. The van der Waals surface area contributed by atoms with Gasteiger partial charge in [0.05, 0.1) is 4.90 Å². The van der Waals surface area contributed by atoms with Crippen LogP contribution in [0.5, 0.6) is 0 Å². The van der Waals surface area contributed by atoms with Gasteiger partial charge in [-0.05, 0) is 54.5 Å². The predicted molar refractivity (Wildman–Crippen MR) is 113 cm³/mol. The van der Waals surface area contributed by atoms with Gasteiger partial charge in [-0.3, -0.25) is 4.79 Å². The number of carbonyl (C=O) groups excluding carboxylic acids is 1. The summed E-state index contributed by atoms with van der Waals surface area (Å²) in [4.78, 5) is 12.5. The second-order valence-corrected chi connectivity index (χ2v) is 8.61. The number of amides is 1. The van der Waals surface area contributed by atoms with E-state index in [1.54, 1.807) is 12.1 Å². The molecule has 8 heteroatoms. The normalized spacial score (nSPS) is 16.0. The maximum absolute atomic E-state index is 12.4. The maximum Gasteiger partial charge on any atom is 0.240 e. The summed E-state index contributed by atoms with van der Waals surface area (Å²) in [7, 11) is -3.62. The van der Waals surface area contributed by atoms with E-state index in [0.29, 0.717) is 18.0 Å². The van der Waals surface area contributed by atoms with Crippen LogP contribution in [0.1, 0.15) is 24.0 Å². The van der Waals surface area contributed by atoms with Gasteiger partial charge in [0.25, 0.3) is 0 Å². The summed E-state index contributed by atoms with van der Waals surface area (Å²) in [6.07, 6.45) is 3.31. The molecule has 1 aliphatic rings. The molecule has 0 spiro atoms. The van der Waals surface area contributed by atoms with Gasteiger partial charge < -0.3 is 11.1 Å². The van der Waals surface area contributed by atoms with Gasteiger partial charge in [-0.15, -0.1) is 12.4 Å². The number of nitrogens with two attached hydrogens (primary N) is 1. The molecule has 1 amide bonds. The first-order valence-corrected chi connectivity index (χ1v) is 10.6. The summed E-state index contributed by atoms with van der Waals surface area (Å²) in [6, 6.07) is 14.6. The van der Waals surface area contributed by atoms with Crippen LogP contribution in [0.25, 0.3) is 0 Å². The molecule has 4 N–H and O–H groups in total. The zero-order valence-corrected chi connectivity index (χ0v) is 17.2. The first-order valence-electron chi connectivity index (χ1n) is 9.14. The van der Waals surface area contributed by atoms with Crippen molar-refractivity contribution >= 4 is 34.0 Å². The van der Waals surface area contributed by atoms with E-state index in [9.17, 15) is 13.2 Å². The van der Waals surface area contributed by atoms with Crippen LogP contribution in [0.4, 0.5) is 5.69 Å². The molecule has 1 atom stereocenters. The molecule has 0 aromatic heterocycles. The molecule has 2 aromatic carbocycles. The van der Waals surface area contributed by atoms with Crippen molar-refractivity contribution in [2.45, 2.75) is 30.6 Å². The highest BCUT2D eigenvalue weighted by molar-refractivity contribution is 7.89. The standard InChI is InChI=1S/C20H25N3O3S.ClH/c21-10-11-22-27(25,26)19-7-3-6-18(14-19)23-20(24)13-15-8-9-16-4-1-2-5-17(16)12-15;/h1-7,14-15,22H,8-13,21H2,(H,23,24);1H. The van der Waals surface area contributed by atoms with Crippen LogP contribution < -0.4 is 15.8 Å². The van der Waals surface area contributed by atoms with Crippen LogP contribution in [0, 0.1) is 5.92 Å². The number of carbonyl (C=O) groups is 1. The number of nitrogens with one attached hydrogen (secondary N) is 2. The molecule has 6 nitrogen and oxygen atoms in total. The number of sulfonamides is 1. The zero-order valence-electron chi connectivity index (χ0n) is 15.6. The molecule has 152 valence electrons. The van der Waals surface area contributed by atoms with Crippen LogP contribution in [0.3, 0.4) is 0 Å². The predicted octanol–water partition coefficient (Wildman–Crippen LogP) is 2.48. The van der Waals surface area contributed by atoms with Crippen molar-refractivity contribution in [1.29, 1.82) is 0 Å². The number of anilines is 1. The molecule has 2 aromatic rings. The number of halogens is 1. The molecule has 0 radical (unpaired) electrons. The minimum atomic E-state index is -3.62. The summed E-state index contributed by atoms with van der Waals surface area (Å²) in [5.41, 5.74) is 8.52. The van der Waals surface area contributed by atoms with E-state index in [0.717, 1.165) is 19.3 Å². The molecule has 1 aliphatic carbocycles. The summed E-state index contributed by atoms with van der Waals surface area (Å²) < 4.78 is 26.8. The Morgan fingerprint density at radius 2 is 1.86 bits per heavy atom. The van der Waals surface area contributed by atoms with Crippen LogP contribution in [-0.4, -0.2) is 27.4 Å². The molecule has 0 bridgehead atoms. The number of rotatable bonds is 7. The van der Waals surface area contributed by atoms with Crippen LogP contribution in [-0.2, 0) is 27.7 Å². The van der Waals surface area contributed by atoms with Crippen molar-refractivity contribution in [1.82, 2.24) is 4.72 Å². The minimum absolute atomic E-state index is 0. The molecule has 0 aliphatic heterocycles. The molecule has 3 rings (SSSR count). The largest absolute Gasteiger partial charge is 0.329 e. The fourth-order valence-electron chi connectivity index (χ4n) is 3.44. The van der Waals surface area contributed by atoms with E-state index >= 15 is 0 Å². The van der Waals surface area contributed by atoms with Gasteiger partial charge in [-0.2, -0.15) is 0 Å².